The van der Waals surface area contributed by atoms with Gasteiger partial charge in [-0.05, 0) is 39.3 Å². The van der Waals surface area contributed by atoms with E-state index in [-0.39, 0.29) is 24.4 Å². The van der Waals surface area contributed by atoms with Crippen molar-refractivity contribution in [1.29, 1.82) is 0 Å². The minimum Gasteiger partial charge on any atom is -0.352 e. The Kier molecular flexibility index (Phi) is 7.64. The number of hydrogen-bond donors (Lipinski definition) is 2. The molecule has 0 aliphatic carbocycles. The van der Waals surface area contributed by atoms with Crippen LogP contribution in [0.3, 0.4) is 0 Å². The lowest BCUT2D eigenvalue weighted by atomic mass is 10.1. The number of carbonyl (C=O) groups excluding carboxylic acids is 2. The van der Waals surface area contributed by atoms with Crippen LogP contribution in [-0.4, -0.2) is 24.4 Å². The first kappa shape index (κ1) is 18.2. The van der Waals surface area contributed by atoms with Crippen LogP contribution >= 0.6 is 0 Å². The smallest absolute Gasteiger partial charge is 0.251 e. The van der Waals surface area contributed by atoms with Gasteiger partial charge in [0.15, 0.2) is 0 Å². The summed E-state index contributed by atoms with van der Waals surface area (Å²) in [6.07, 6.45) is 4.45. The Morgan fingerprint density at radius 3 is 2.32 bits per heavy atom. The Balaban J connectivity index is 2.38. The van der Waals surface area contributed by atoms with Crippen LogP contribution in [0.15, 0.2) is 18.2 Å². The molecule has 1 rings (SSSR count). The van der Waals surface area contributed by atoms with E-state index in [0.29, 0.717) is 5.56 Å². The molecular formula is C18H28N2O2. The third-order valence-electron chi connectivity index (χ3n) is 3.54. The number of hydrogen-bond acceptors (Lipinski definition) is 2. The summed E-state index contributed by atoms with van der Waals surface area (Å²) < 4.78 is 0. The molecule has 0 aromatic heterocycles. The molecule has 22 heavy (non-hydrogen) atoms. The first-order valence-electron chi connectivity index (χ1n) is 8.08. The van der Waals surface area contributed by atoms with E-state index in [1.165, 1.54) is 12.8 Å². The molecule has 4 heteroatoms. The standard InChI is InChI=1S/C18H28N2O2/c1-5-6-7-8-15(4)20-17(21)12-19-18(22)16-10-13(2)9-14(3)11-16/h9-11,15H,5-8,12H2,1-4H3,(H,19,22)(H,20,21). The normalized spacial score (nSPS) is 11.8. The molecule has 1 atom stereocenters. The number of carbonyl (C=O) groups is 2. The summed E-state index contributed by atoms with van der Waals surface area (Å²) >= 11 is 0. The summed E-state index contributed by atoms with van der Waals surface area (Å²) in [7, 11) is 0. The van der Waals surface area contributed by atoms with Crippen molar-refractivity contribution >= 4 is 11.8 Å². The molecule has 0 aliphatic rings. The summed E-state index contributed by atoms with van der Waals surface area (Å²) in [4.78, 5) is 23.9. The second-order valence-electron chi connectivity index (χ2n) is 6.02. The van der Waals surface area contributed by atoms with E-state index in [0.717, 1.165) is 24.0 Å². The third kappa shape index (κ3) is 6.74. The molecule has 0 bridgehead atoms. The first-order chi connectivity index (χ1) is 10.4. The van der Waals surface area contributed by atoms with Gasteiger partial charge in [-0.15, -0.1) is 0 Å². The molecular weight excluding hydrogens is 276 g/mol. The lowest BCUT2D eigenvalue weighted by Crippen LogP contribution is -2.40. The quantitative estimate of drug-likeness (QED) is 0.725. The zero-order valence-electron chi connectivity index (χ0n) is 14.2. The molecule has 0 saturated carbocycles. The van der Waals surface area contributed by atoms with Gasteiger partial charge in [0, 0.05) is 11.6 Å². The molecule has 1 unspecified atom stereocenters. The first-order valence-corrected chi connectivity index (χ1v) is 8.08. The van der Waals surface area contributed by atoms with Gasteiger partial charge < -0.3 is 10.6 Å². The van der Waals surface area contributed by atoms with Crippen molar-refractivity contribution in [3.8, 4) is 0 Å². The van der Waals surface area contributed by atoms with Gasteiger partial charge >= 0.3 is 0 Å². The summed E-state index contributed by atoms with van der Waals surface area (Å²) in [6, 6.07) is 5.82. The van der Waals surface area contributed by atoms with Crippen molar-refractivity contribution < 1.29 is 9.59 Å². The fourth-order valence-electron chi connectivity index (χ4n) is 2.47. The maximum atomic E-state index is 12.1. The number of nitrogens with one attached hydrogen (secondary N) is 2. The predicted octanol–water partition coefficient (Wildman–Crippen LogP) is 3.12. The summed E-state index contributed by atoms with van der Waals surface area (Å²) in [5, 5.41) is 5.59. The van der Waals surface area contributed by atoms with Crippen molar-refractivity contribution in [3.05, 3.63) is 34.9 Å². The van der Waals surface area contributed by atoms with Crippen molar-refractivity contribution in [2.24, 2.45) is 0 Å². The molecule has 0 aliphatic heterocycles. The van der Waals surface area contributed by atoms with Gasteiger partial charge in [-0.1, -0.05) is 43.4 Å². The Hall–Kier alpha value is -1.84. The van der Waals surface area contributed by atoms with Gasteiger partial charge in [0.1, 0.15) is 0 Å². The van der Waals surface area contributed by atoms with Gasteiger partial charge in [-0.25, -0.2) is 0 Å². The van der Waals surface area contributed by atoms with E-state index in [1.807, 2.05) is 39.0 Å². The number of aryl methyl sites for hydroxylation is 2. The van der Waals surface area contributed by atoms with Gasteiger partial charge in [0.05, 0.1) is 6.54 Å². The van der Waals surface area contributed by atoms with Crippen molar-refractivity contribution in [1.82, 2.24) is 10.6 Å². The molecule has 0 heterocycles. The van der Waals surface area contributed by atoms with Crippen LogP contribution < -0.4 is 10.6 Å². The largest absolute Gasteiger partial charge is 0.352 e. The van der Waals surface area contributed by atoms with Crippen molar-refractivity contribution in [2.45, 2.75) is 59.4 Å². The number of unbranched alkanes of at least 4 members (excludes halogenated alkanes) is 2. The zero-order valence-corrected chi connectivity index (χ0v) is 14.2. The van der Waals surface area contributed by atoms with Crippen LogP contribution in [0.2, 0.25) is 0 Å². The Bertz CT molecular complexity index is 492. The lowest BCUT2D eigenvalue weighted by Gasteiger charge is -2.14. The molecule has 4 nitrogen and oxygen atoms in total. The molecule has 0 saturated heterocycles. The van der Waals surface area contributed by atoms with Gasteiger partial charge in [-0.3, -0.25) is 9.59 Å². The lowest BCUT2D eigenvalue weighted by molar-refractivity contribution is -0.120. The summed E-state index contributed by atoms with van der Waals surface area (Å²) in [6.45, 7) is 8.08. The molecule has 0 spiro atoms. The third-order valence-corrected chi connectivity index (χ3v) is 3.54. The highest BCUT2D eigenvalue weighted by Crippen LogP contribution is 2.08. The van der Waals surface area contributed by atoms with E-state index in [4.69, 9.17) is 0 Å². The highest BCUT2D eigenvalue weighted by molar-refractivity contribution is 5.96. The topological polar surface area (TPSA) is 58.2 Å². The average Bonchev–Trinajstić information content (AvgIpc) is 2.44. The summed E-state index contributed by atoms with van der Waals surface area (Å²) in [5.41, 5.74) is 2.68. The minimum absolute atomic E-state index is 0.0178. The zero-order chi connectivity index (χ0) is 16.5. The Morgan fingerprint density at radius 2 is 1.73 bits per heavy atom. The fourth-order valence-corrected chi connectivity index (χ4v) is 2.47. The maximum Gasteiger partial charge on any atom is 0.251 e. The number of rotatable bonds is 8. The molecule has 1 aromatic rings. The second-order valence-corrected chi connectivity index (χ2v) is 6.02. The SMILES string of the molecule is CCCCCC(C)NC(=O)CNC(=O)c1cc(C)cc(C)c1. The van der Waals surface area contributed by atoms with Crippen LogP contribution in [0.1, 0.15) is 61.0 Å². The van der Waals surface area contributed by atoms with Crippen LogP contribution in [-0.2, 0) is 4.79 Å². The maximum absolute atomic E-state index is 12.1. The fraction of sp³-hybridized carbons (Fsp3) is 0.556. The molecule has 0 fully saturated rings. The number of benzene rings is 1. The Labute approximate surface area is 133 Å². The second kappa shape index (κ2) is 9.23. The van der Waals surface area contributed by atoms with Crippen molar-refractivity contribution in [3.63, 3.8) is 0 Å². The van der Waals surface area contributed by atoms with Crippen LogP contribution in [0.25, 0.3) is 0 Å². The molecule has 2 amide bonds. The van der Waals surface area contributed by atoms with E-state index < -0.39 is 0 Å². The summed E-state index contributed by atoms with van der Waals surface area (Å²) in [5.74, 6) is -0.345. The minimum atomic E-state index is -0.208. The van der Waals surface area contributed by atoms with E-state index >= 15 is 0 Å². The monoisotopic (exact) mass is 304 g/mol. The highest BCUT2D eigenvalue weighted by Gasteiger charge is 2.10. The van der Waals surface area contributed by atoms with Crippen LogP contribution in [0, 0.1) is 13.8 Å². The van der Waals surface area contributed by atoms with E-state index in [1.54, 1.807) is 0 Å². The predicted molar refractivity (Wildman–Crippen MR) is 90.0 cm³/mol. The average molecular weight is 304 g/mol. The van der Waals surface area contributed by atoms with Crippen LogP contribution in [0.4, 0.5) is 0 Å². The van der Waals surface area contributed by atoms with E-state index in [9.17, 15) is 9.59 Å². The Morgan fingerprint density at radius 1 is 1.09 bits per heavy atom. The molecule has 2 N–H and O–H groups in total. The molecule has 0 radical (unpaired) electrons. The van der Waals surface area contributed by atoms with Gasteiger partial charge in [-0.2, -0.15) is 0 Å². The molecule has 122 valence electrons. The van der Waals surface area contributed by atoms with Gasteiger partial charge in [0.2, 0.25) is 5.91 Å². The van der Waals surface area contributed by atoms with Gasteiger partial charge in [0.25, 0.3) is 5.91 Å². The van der Waals surface area contributed by atoms with E-state index in [2.05, 4.69) is 17.6 Å². The van der Waals surface area contributed by atoms with Crippen LogP contribution in [0.5, 0.6) is 0 Å². The molecule has 1 aromatic carbocycles. The highest BCUT2D eigenvalue weighted by atomic mass is 16.2. The number of amides is 2. The van der Waals surface area contributed by atoms with Crippen molar-refractivity contribution in [2.75, 3.05) is 6.54 Å².